The molecule has 0 spiro atoms. The molecule has 0 bridgehead atoms. The fourth-order valence-corrected chi connectivity index (χ4v) is 3.59. The molecule has 1 aliphatic heterocycles. The van der Waals surface area contributed by atoms with Gasteiger partial charge in [-0.1, -0.05) is 37.3 Å². The van der Waals surface area contributed by atoms with Gasteiger partial charge in [0.05, 0.1) is 6.04 Å². The van der Waals surface area contributed by atoms with E-state index in [1.54, 1.807) is 6.92 Å². The van der Waals surface area contributed by atoms with Crippen molar-refractivity contribution < 1.29 is 9.53 Å². The molecule has 4 heteroatoms. The zero-order valence-electron chi connectivity index (χ0n) is 17.4. The number of nitrogens with zero attached hydrogens (tertiary/aromatic N) is 1. The van der Waals surface area contributed by atoms with Gasteiger partial charge in [-0.05, 0) is 68.9 Å². The predicted octanol–water partition coefficient (Wildman–Crippen LogP) is 4.88. The Bertz CT molecular complexity index is 779. The molecule has 0 unspecified atom stereocenters. The molecule has 4 nitrogen and oxygen atoms in total. The summed E-state index contributed by atoms with van der Waals surface area (Å²) in [5, 5.41) is 3.06. The number of ether oxygens (including phenoxy) is 1. The molecule has 2 aromatic rings. The number of hydrogen-bond donors (Lipinski definition) is 1. The van der Waals surface area contributed by atoms with Crippen LogP contribution in [0.1, 0.15) is 50.8 Å². The molecule has 0 aromatic heterocycles. The molecule has 0 radical (unpaired) electrons. The second kappa shape index (κ2) is 9.13. The lowest BCUT2D eigenvalue weighted by molar-refractivity contribution is -0.127. The van der Waals surface area contributed by atoms with Gasteiger partial charge in [-0.3, -0.25) is 4.79 Å². The lowest BCUT2D eigenvalue weighted by Crippen LogP contribution is -2.38. The summed E-state index contributed by atoms with van der Waals surface area (Å²) >= 11 is 0. The van der Waals surface area contributed by atoms with Crippen molar-refractivity contribution in [3.05, 3.63) is 59.7 Å². The topological polar surface area (TPSA) is 41.6 Å². The Morgan fingerprint density at radius 3 is 2.36 bits per heavy atom. The minimum atomic E-state index is -0.543. The maximum Gasteiger partial charge on any atom is 0.261 e. The Morgan fingerprint density at radius 1 is 1.07 bits per heavy atom. The zero-order valence-corrected chi connectivity index (χ0v) is 17.4. The second-order valence-corrected chi connectivity index (χ2v) is 8.02. The van der Waals surface area contributed by atoms with Crippen LogP contribution in [0.15, 0.2) is 48.5 Å². The van der Waals surface area contributed by atoms with Crippen molar-refractivity contribution in [2.45, 2.75) is 52.7 Å². The molecular weight excluding hydrogens is 348 g/mol. The molecule has 2 aromatic carbocycles. The summed E-state index contributed by atoms with van der Waals surface area (Å²) < 4.78 is 5.83. The van der Waals surface area contributed by atoms with Gasteiger partial charge in [-0.25, -0.2) is 0 Å². The van der Waals surface area contributed by atoms with Crippen LogP contribution in [0.3, 0.4) is 0 Å². The molecule has 150 valence electrons. The number of nitrogens with one attached hydrogen (secondary N) is 1. The van der Waals surface area contributed by atoms with Gasteiger partial charge in [-0.15, -0.1) is 0 Å². The van der Waals surface area contributed by atoms with Crippen LogP contribution in [0, 0.1) is 12.8 Å². The summed E-state index contributed by atoms with van der Waals surface area (Å²) in [4.78, 5) is 15.0. The highest BCUT2D eigenvalue weighted by molar-refractivity contribution is 5.81. The SMILES string of the molecule is Cc1ccccc1O[C@@H](C)C(=O)N[C@H](C)c1ccc(N2CCC(C)CC2)cc1. The highest BCUT2D eigenvalue weighted by Gasteiger charge is 2.19. The number of amides is 1. The van der Waals surface area contributed by atoms with E-state index in [0.717, 1.165) is 35.9 Å². The lowest BCUT2D eigenvalue weighted by atomic mass is 9.98. The number of anilines is 1. The highest BCUT2D eigenvalue weighted by atomic mass is 16.5. The second-order valence-electron chi connectivity index (χ2n) is 8.02. The molecule has 1 heterocycles. The molecule has 2 atom stereocenters. The van der Waals surface area contributed by atoms with Crippen LogP contribution in [-0.4, -0.2) is 25.1 Å². The van der Waals surface area contributed by atoms with Crippen LogP contribution in [0.2, 0.25) is 0 Å². The molecule has 1 saturated heterocycles. The third-order valence-electron chi connectivity index (χ3n) is 5.67. The van der Waals surface area contributed by atoms with Gasteiger partial charge in [-0.2, -0.15) is 0 Å². The Labute approximate surface area is 168 Å². The third-order valence-corrected chi connectivity index (χ3v) is 5.67. The van der Waals surface area contributed by atoms with Crippen LogP contribution >= 0.6 is 0 Å². The first-order valence-electron chi connectivity index (χ1n) is 10.3. The number of rotatable bonds is 6. The van der Waals surface area contributed by atoms with Gasteiger partial charge in [0, 0.05) is 18.8 Å². The Balaban J connectivity index is 1.55. The summed E-state index contributed by atoms with van der Waals surface area (Å²) in [5.74, 6) is 1.47. The smallest absolute Gasteiger partial charge is 0.261 e. The molecule has 3 rings (SSSR count). The largest absolute Gasteiger partial charge is 0.481 e. The normalized spacial score (nSPS) is 17.1. The molecule has 1 amide bonds. The van der Waals surface area contributed by atoms with Crippen molar-refractivity contribution in [2.75, 3.05) is 18.0 Å². The lowest BCUT2D eigenvalue weighted by Gasteiger charge is -2.32. The first-order chi connectivity index (χ1) is 13.4. The number of aryl methyl sites for hydroxylation is 1. The first-order valence-corrected chi connectivity index (χ1v) is 10.3. The maximum absolute atomic E-state index is 12.5. The van der Waals surface area contributed by atoms with Crippen molar-refractivity contribution in [3.63, 3.8) is 0 Å². The fraction of sp³-hybridized carbons (Fsp3) is 0.458. The summed E-state index contributed by atoms with van der Waals surface area (Å²) in [5.41, 5.74) is 3.40. The van der Waals surface area contributed by atoms with E-state index < -0.39 is 6.10 Å². The highest BCUT2D eigenvalue weighted by Crippen LogP contribution is 2.25. The Kier molecular flexibility index (Phi) is 6.61. The van der Waals surface area contributed by atoms with Gasteiger partial charge < -0.3 is 15.0 Å². The number of carbonyl (C=O) groups excluding carboxylic acids is 1. The first kappa shape index (κ1) is 20.2. The number of hydrogen-bond acceptors (Lipinski definition) is 3. The number of benzene rings is 2. The van der Waals surface area contributed by atoms with Crippen molar-refractivity contribution >= 4 is 11.6 Å². The molecular formula is C24H32N2O2. The van der Waals surface area contributed by atoms with E-state index in [2.05, 4.69) is 41.4 Å². The minimum absolute atomic E-state index is 0.0640. The van der Waals surface area contributed by atoms with E-state index in [1.165, 1.54) is 18.5 Å². The Morgan fingerprint density at radius 2 is 1.71 bits per heavy atom. The van der Waals surface area contributed by atoms with Crippen molar-refractivity contribution in [1.29, 1.82) is 0 Å². The average molecular weight is 381 g/mol. The van der Waals surface area contributed by atoms with Crippen molar-refractivity contribution in [3.8, 4) is 5.75 Å². The monoisotopic (exact) mass is 380 g/mol. The van der Waals surface area contributed by atoms with Crippen molar-refractivity contribution in [1.82, 2.24) is 5.32 Å². The van der Waals surface area contributed by atoms with Gasteiger partial charge in [0.25, 0.3) is 5.91 Å². The van der Waals surface area contributed by atoms with Crippen LogP contribution in [0.4, 0.5) is 5.69 Å². The van der Waals surface area contributed by atoms with E-state index in [4.69, 9.17) is 4.74 Å². The third kappa shape index (κ3) is 5.06. The van der Waals surface area contributed by atoms with Gasteiger partial charge >= 0.3 is 0 Å². The van der Waals surface area contributed by atoms with Crippen LogP contribution in [-0.2, 0) is 4.79 Å². The number of para-hydroxylation sites is 1. The molecule has 1 aliphatic rings. The van der Waals surface area contributed by atoms with Crippen LogP contribution < -0.4 is 15.0 Å². The van der Waals surface area contributed by atoms with E-state index >= 15 is 0 Å². The molecule has 0 saturated carbocycles. The van der Waals surface area contributed by atoms with Crippen molar-refractivity contribution in [2.24, 2.45) is 5.92 Å². The molecule has 0 aliphatic carbocycles. The van der Waals surface area contributed by atoms with Gasteiger partial charge in [0.2, 0.25) is 0 Å². The summed E-state index contributed by atoms with van der Waals surface area (Å²) in [6, 6.07) is 16.3. The quantitative estimate of drug-likeness (QED) is 0.777. The van der Waals surface area contributed by atoms with E-state index in [1.807, 2.05) is 38.1 Å². The maximum atomic E-state index is 12.5. The number of piperidine rings is 1. The zero-order chi connectivity index (χ0) is 20.1. The van der Waals surface area contributed by atoms with Crippen LogP contribution in [0.5, 0.6) is 5.75 Å². The van der Waals surface area contributed by atoms with E-state index in [0.29, 0.717) is 0 Å². The molecule has 28 heavy (non-hydrogen) atoms. The van der Waals surface area contributed by atoms with Gasteiger partial charge in [0.1, 0.15) is 5.75 Å². The summed E-state index contributed by atoms with van der Waals surface area (Å²) in [6.07, 6.45) is 1.97. The van der Waals surface area contributed by atoms with Crippen LogP contribution in [0.25, 0.3) is 0 Å². The average Bonchev–Trinajstić information content (AvgIpc) is 2.70. The number of carbonyl (C=O) groups is 1. The van der Waals surface area contributed by atoms with Gasteiger partial charge in [0.15, 0.2) is 6.10 Å². The van der Waals surface area contributed by atoms with E-state index in [-0.39, 0.29) is 11.9 Å². The molecule has 1 fully saturated rings. The Hall–Kier alpha value is -2.49. The predicted molar refractivity (Wildman–Crippen MR) is 115 cm³/mol. The van der Waals surface area contributed by atoms with E-state index in [9.17, 15) is 4.79 Å². The standard InChI is InChI=1S/C24H32N2O2/c1-17-13-15-26(16-14-17)22-11-9-21(10-12-22)19(3)25-24(27)20(4)28-23-8-6-5-7-18(23)2/h5-12,17,19-20H,13-16H2,1-4H3,(H,25,27)/t19-,20+/m1/s1. The fourth-order valence-electron chi connectivity index (χ4n) is 3.59. The molecule has 1 N–H and O–H groups in total. The summed E-state index contributed by atoms with van der Waals surface area (Å²) in [6.45, 7) is 10.4. The summed E-state index contributed by atoms with van der Waals surface area (Å²) in [7, 11) is 0. The minimum Gasteiger partial charge on any atom is -0.481 e.